The summed E-state index contributed by atoms with van der Waals surface area (Å²) in [5.41, 5.74) is 0.653. The van der Waals surface area contributed by atoms with E-state index in [-0.39, 0.29) is 17.7 Å². The average molecular weight is 252 g/mol. The fraction of sp³-hybridized carbons (Fsp3) is 0.154. The van der Waals surface area contributed by atoms with Crippen molar-refractivity contribution < 1.29 is 13.2 Å². The maximum Gasteiger partial charge on any atom is 0.168 e. The molecule has 0 aliphatic rings. The maximum atomic E-state index is 13.4. The van der Waals surface area contributed by atoms with E-state index in [1.165, 1.54) is 12.1 Å². The first-order chi connectivity index (χ1) is 8.56. The largest absolute Gasteiger partial charge is 0.361 e. The fourth-order valence-corrected chi connectivity index (χ4v) is 1.59. The van der Waals surface area contributed by atoms with Crippen LogP contribution in [0.3, 0.4) is 0 Å². The van der Waals surface area contributed by atoms with Crippen LogP contribution in [-0.4, -0.2) is 4.98 Å². The number of pyridine rings is 1. The minimum atomic E-state index is -0.779. The van der Waals surface area contributed by atoms with E-state index in [9.17, 15) is 13.2 Å². The molecule has 18 heavy (non-hydrogen) atoms. The third kappa shape index (κ3) is 2.80. The van der Waals surface area contributed by atoms with Crippen molar-refractivity contribution in [2.75, 3.05) is 5.32 Å². The van der Waals surface area contributed by atoms with Crippen molar-refractivity contribution in [1.29, 1.82) is 0 Å². The van der Waals surface area contributed by atoms with Crippen LogP contribution in [0.15, 0.2) is 36.5 Å². The molecule has 0 spiro atoms. The van der Waals surface area contributed by atoms with Crippen LogP contribution in [0.4, 0.5) is 19.0 Å². The van der Waals surface area contributed by atoms with Gasteiger partial charge in [-0.05, 0) is 24.6 Å². The molecule has 0 radical (unpaired) electrons. The van der Waals surface area contributed by atoms with Gasteiger partial charge in [-0.3, -0.25) is 0 Å². The van der Waals surface area contributed by atoms with Gasteiger partial charge in [0.05, 0.1) is 12.2 Å². The summed E-state index contributed by atoms with van der Waals surface area (Å²) in [7, 11) is 0. The summed E-state index contributed by atoms with van der Waals surface area (Å²) in [5.74, 6) is -1.95. The number of anilines is 1. The van der Waals surface area contributed by atoms with Gasteiger partial charge >= 0.3 is 0 Å². The van der Waals surface area contributed by atoms with Crippen LogP contribution in [0, 0.1) is 17.5 Å². The zero-order valence-corrected chi connectivity index (χ0v) is 9.62. The molecule has 0 bridgehead atoms. The van der Waals surface area contributed by atoms with Gasteiger partial charge in [0.1, 0.15) is 11.6 Å². The number of hydrogen-bond donors (Lipinski definition) is 1. The van der Waals surface area contributed by atoms with Crippen molar-refractivity contribution in [3.63, 3.8) is 0 Å². The Morgan fingerprint density at radius 2 is 1.89 bits per heavy atom. The highest BCUT2D eigenvalue weighted by Gasteiger charge is 2.11. The summed E-state index contributed by atoms with van der Waals surface area (Å²) in [6, 6.07) is 6.35. The summed E-state index contributed by atoms with van der Waals surface area (Å²) in [6.07, 6.45) is 0.920. The van der Waals surface area contributed by atoms with Crippen LogP contribution in [-0.2, 0) is 0 Å². The second kappa shape index (κ2) is 5.08. The molecule has 1 aromatic carbocycles. The summed E-state index contributed by atoms with van der Waals surface area (Å²) in [5, 5.41) is 2.76. The minimum absolute atomic E-state index is 0.0619. The van der Waals surface area contributed by atoms with Gasteiger partial charge < -0.3 is 5.32 Å². The molecule has 2 nitrogen and oxygen atoms in total. The van der Waals surface area contributed by atoms with Crippen molar-refractivity contribution in [1.82, 2.24) is 4.98 Å². The molecule has 1 unspecified atom stereocenters. The third-order valence-electron chi connectivity index (χ3n) is 2.51. The normalized spacial score (nSPS) is 12.2. The smallest absolute Gasteiger partial charge is 0.168 e. The van der Waals surface area contributed by atoms with Gasteiger partial charge in [-0.1, -0.05) is 12.1 Å². The second-order valence-electron chi connectivity index (χ2n) is 3.90. The molecule has 2 aromatic rings. The molecule has 0 fully saturated rings. The lowest BCUT2D eigenvalue weighted by molar-refractivity contribution is 0.573. The molecule has 1 heterocycles. The van der Waals surface area contributed by atoms with Gasteiger partial charge in [-0.25, -0.2) is 18.2 Å². The lowest BCUT2D eigenvalue weighted by atomic mass is 10.1. The number of benzene rings is 1. The van der Waals surface area contributed by atoms with E-state index >= 15 is 0 Å². The van der Waals surface area contributed by atoms with Crippen LogP contribution in [0.25, 0.3) is 0 Å². The summed E-state index contributed by atoms with van der Waals surface area (Å²) >= 11 is 0. The maximum absolute atomic E-state index is 13.4. The standard InChI is InChI=1S/C13H11F3N2/c1-8(9-3-2-4-10(14)5-9)18-13-12(16)6-11(15)7-17-13/h2-8H,1H3,(H,17,18). The highest BCUT2D eigenvalue weighted by molar-refractivity contribution is 5.39. The van der Waals surface area contributed by atoms with Gasteiger partial charge in [0, 0.05) is 6.07 Å². The molecular weight excluding hydrogens is 241 g/mol. The predicted octanol–water partition coefficient (Wildman–Crippen LogP) is 3.67. The Hall–Kier alpha value is -2.04. The number of halogens is 3. The lowest BCUT2D eigenvalue weighted by Gasteiger charge is -2.15. The minimum Gasteiger partial charge on any atom is -0.361 e. The molecule has 94 valence electrons. The van der Waals surface area contributed by atoms with E-state index in [1.807, 2.05) is 0 Å². The van der Waals surface area contributed by atoms with Crippen LogP contribution in [0.2, 0.25) is 0 Å². The third-order valence-corrected chi connectivity index (χ3v) is 2.51. The zero-order valence-electron chi connectivity index (χ0n) is 9.62. The molecule has 0 aliphatic carbocycles. The summed E-state index contributed by atoms with van der Waals surface area (Å²) in [6.45, 7) is 1.74. The molecule has 0 saturated heterocycles. The highest BCUT2D eigenvalue weighted by atomic mass is 19.1. The Labute approximate surface area is 102 Å². The van der Waals surface area contributed by atoms with E-state index in [0.29, 0.717) is 5.56 Å². The first kappa shape index (κ1) is 12.4. The van der Waals surface area contributed by atoms with Gasteiger partial charge in [0.15, 0.2) is 11.6 Å². The molecule has 0 aliphatic heterocycles. The lowest BCUT2D eigenvalue weighted by Crippen LogP contribution is -2.09. The van der Waals surface area contributed by atoms with Gasteiger partial charge in [-0.15, -0.1) is 0 Å². The van der Waals surface area contributed by atoms with E-state index in [1.54, 1.807) is 19.1 Å². The first-order valence-corrected chi connectivity index (χ1v) is 5.39. The van der Waals surface area contributed by atoms with Crippen LogP contribution < -0.4 is 5.32 Å². The first-order valence-electron chi connectivity index (χ1n) is 5.39. The van der Waals surface area contributed by atoms with Crippen LogP contribution in [0.1, 0.15) is 18.5 Å². The molecule has 0 amide bonds. The molecular formula is C13H11F3N2. The van der Waals surface area contributed by atoms with Gasteiger partial charge in [0.25, 0.3) is 0 Å². The zero-order chi connectivity index (χ0) is 13.1. The Morgan fingerprint density at radius 1 is 1.11 bits per heavy atom. The van der Waals surface area contributed by atoms with Crippen molar-refractivity contribution in [3.8, 4) is 0 Å². The summed E-state index contributed by atoms with van der Waals surface area (Å²) < 4.78 is 39.1. The summed E-state index contributed by atoms with van der Waals surface area (Å²) in [4.78, 5) is 3.61. The molecule has 0 saturated carbocycles. The van der Waals surface area contributed by atoms with Crippen molar-refractivity contribution in [3.05, 3.63) is 59.5 Å². The Morgan fingerprint density at radius 3 is 2.56 bits per heavy atom. The van der Waals surface area contributed by atoms with Gasteiger partial charge in [-0.2, -0.15) is 0 Å². The number of aromatic nitrogens is 1. The molecule has 1 atom stereocenters. The SMILES string of the molecule is CC(Nc1ncc(F)cc1F)c1cccc(F)c1. The number of hydrogen-bond acceptors (Lipinski definition) is 2. The van der Waals surface area contributed by atoms with Crippen LogP contribution >= 0.6 is 0 Å². The monoisotopic (exact) mass is 252 g/mol. The van der Waals surface area contributed by atoms with E-state index in [0.717, 1.165) is 12.3 Å². The van der Waals surface area contributed by atoms with E-state index < -0.39 is 11.6 Å². The Bertz CT molecular complexity index is 558. The molecule has 1 aromatic heterocycles. The average Bonchev–Trinajstić information content (AvgIpc) is 2.32. The molecule has 5 heteroatoms. The number of nitrogens with zero attached hydrogens (tertiary/aromatic N) is 1. The number of rotatable bonds is 3. The Balaban J connectivity index is 2.18. The van der Waals surface area contributed by atoms with Crippen molar-refractivity contribution >= 4 is 5.82 Å². The van der Waals surface area contributed by atoms with Gasteiger partial charge in [0.2, 0.25) is 0 Å². The fourth-order valence-electron chi connectivity index (χ4n) is 1.59. The van der Waals surface area contributed by atoms with E-state index in [4.69, 9.17) is 0 Å². The molecule has 2 rings (SSSR count). The highest BCUT2D eigenvalue weighted by Crippen LogP contribution is 2.20. The van der Waals surface area contributed by atoms with Crippen LogP contribution in [0.5, 0.6) is 0 Å². The Kier molecular flexibility index (Phi) is 3.50. The van der Waals surface area contributed by atoms with Crippen molar-refractivity contribution in [2.24, 2.45) is 0 Å². The van der Waals surface area contributed by atoms with E-state index in [2.05, 4.69) is 10.3 Å². The van der Waals surface area contributed by atoms with Crippen molar-refractivity contribution in [2.45, 2.75) is 13.0 Å². The molecule has 1 N–H and O–H groups in total. The predicted molar refractivity (Wildman–Crippen MR) is 62.6 cm³/mol. The quantitative estimate of drug-likeness (QED) is 0.901. The topological polar surface area (TPSA) is 24.9 Å². The number of nitrogens with one attached hydrogen (secondary N) is 1. The second-order valence-corrected chi connectivity index (χ2v) is 3.90.